The standard InChI is InChI=1S/C16H18N2O5S/c1-11(19)17-13-6-9-15(23-3)16(10-13)24(20,21)18-12-4-7-14(22-2)8-5-12/h4-10,18H,1-3H3,(H,17,19). The maximum atomic E-state index is 12.6. The Hall–Kier alpha value is -2.74. The fourth-order valence-corrected chi connectivity index (χ4v) is 3.29. The average molecular weight is 350 g/mol. The van der Waals surface area contributed by atoms with Crippen LogP contribution in [0.5, 0.6) is 11.5 Å². The van der Waals surface area contributed by atoms with Crippen LogP contribution in [0.3, 0.4) is 0 Å². The molecular formula is C16H18N2O5S. The van der Waals surface area contributed by atoms with Crippen molar-refractivity contribution < 1.29 is 22.7 Å². The van der Waals surface area contributed by atoms with E-state index in [2.05, 4.69) is 10.0 Å². The van der Waals surface area contributed by atoms with E-state index in [-0.39, 0.29) is 16.6 Å². The molecule has 2 aromatic carbocycles. The third kappa shape index (κ3) is 4.17. The third-order valence-corrected chi connectivity index (χ3v) is 4.52. The average Bonchev–Trinajstić information content (AvgIpc) is 2.54. The molecule has 0 aromatic heterocycles. The number of amides is 1. The molecule has 0 atom stereocenters. The Labute approximate surface area is 140 Å². The summed E-state index contributed by atoms with van der Waals surface area (Å²) in [4.78, 5) is 11.1. The van der Waals surface area contributed by atoms with Crippen molar-refractivity contribution >= 4 is 27.3 Å². The zero-order chi connectivity index (χ0) is 17.7. The van der Waals surface area contributed by atoms with Gasteiger partial charge in [0.15, 0.2) is 0 Å². The number of methoxy groups -OCH3 is 2. The van der Waals surface area contributed by atoms with Crippen molar-refractivity contribution in [1.82, 2.24) is 0 Å². The lowest BCUT2D eigenvalue weighted by molar-refractivity contribution is -0.114. The normalized spacial score (nSPS) is 10.8. The van der Waals surface area contributed by atoms with Crippen molar-refractivity contribution in [2.45, 2.75) is 11.8 Å². The van der Waals surface area contributed by atoms with Crippen molar-refractivity contribution in [3.63, 3.8) is 0 Å². The minimum Gasteiger partial charge on any atom is -0.497 e. The van der Waals surface area contributed by atoms with Gasteiger partial charge in [-0.25, -0.2) is 8.42 Å². The molecule has 2 aromatic rings. The van der Waals surface area contributed by atoms with E-state index in [1.54, 1.807) is 30.3 Å². The summed E-state index contributed by atoms with van der Waals surface area (Å²) < 4.78 is 37.9. The zero-order valence-corrected chi connectivity index (χ0v) is 14.3. The van der Waals surface area contributed by atoms with E-state index in [0.29, 0.717) is 17.1 Å². The van der Waals surface area contributed by atoms with E-state index in [1.165, 1.54) is 33.3 Å². The lowest BCUT2D eigenvalue weighted by Crippen LogP contribution is -2.15. The maximum Gasteiger partial charge on any atom is 0.265 e. The lowest BCUT2D eigenvalue weighted by Gasteiger charge is -2.13. The highest BCUT2D eigenvalue weighted by atomic mass is 32.2. The molecule has 0 aliphatic heterocycles. The Bertz CT molecular complexity index is 832. The van der Waals surface area contributed by atoms with Crippen LogP contribution in [0.1, 0.15) is 6.92 Å². The van der Waals surface area contributed by atoms with Crippen LogP contribution in [0.2, 0.25) is 0 Å². The zero-order valence-electron chi connectivity index (χ0n) is 13.5. The molecule has 0 fully saturated rings. The molecule has 0 heterocycles. The van der Waals surface area contributed by atoms with E-state index in [1.807, 2.05) is 0 Å². The molecule has 2 rings (SSSR count). The smallest absolute Gasteiger partial charge is 0.265 e. The maximum absolute atomic E-state index is 12.6. The summed E-state index contributed by atoms with van der Waals surface area (Å²) in [5.74, 6) is 0.486. The van der Waals surface area contributed by atoms with Gasteiger partial charge in [-0.15, -0.1) is 0 Å². The first kappa shape index (κ1) is 17.6. The van der Waals surface area contributed by atoms with Gasteiger partial charge in [0, 0.05) is 18.3 Å². The molecule has 7 nitrogen and oxygen atoms in total. The Morgan fingerprint density at radius 1 is 0.958 bits per heavy atom. The highest BCUT2D eigenvalue weighted by Crippen LogP contribution is 2.29. The summed E-state index contributed by atoms with van der Waals surface area (Å²) in [6.45, 7) is 1.34. The van der Waals surface area contributed by atoms with Crippen LogP contribution in [0.25, 0.3) is 0 Å². The highest BCUT2D eigenvalue weighted by molar-refractivity contribution is 7.92. The van der Waals surface area contributed by atoms with Gasteiger partial charge in [-0.05, 0) is 42.5 Å². The number of carbonyl (C=O) groups excluding carboxylic acids is 1. The largest absolute Gasteiger partial charge is 0.497 e. The van der Waals surface area contributed by atoms with Gasteiger partial charge in [0.05, 0.1) is 14.2 Å². The molecule has 0 spiro atoms. The number of carbonyl (C=O) groups is 1. The van der Waals surface area contributed by atoms with Crippen LogP contribution in [-0.2, 0) is 14.8 Å². The first-order valence-corrected chi connectivity index (χ1v) is 8.46. The number of hydrogen-bond acceptors (Lipinski definition) is 5. The van der Waals surface area contributed by atoms with Crippen molar-refractivity contribution in [3.8, 4) is 11.5 Å². The van der Waals surface area contributed by atoms with Gasteiger partial charge in [-0.3, -0.25) is 9.52 Å². The first-order valence-electron chi connectivity index (χ1n) is 6.98. The highest BCUT2D eigenvalue weighted by Gasteiger charge is 2.20. The summed E-state index contributed by atoms with van der Waals surface area (Å²) in [6.07, 6.45) is 0. The van der Waals surface area contributed by atoms with Crippen molar-refractivity contribution in [3.05, 3.63) is 42.5 Å². The number of ether oxygens (including phenoxy) is 2. The van der Waals surface area contributed by atoms with Gasteiger partial charge in [0.25, 0.3) is 10.0 Å². The minimum atomic E-state index is -3.90. The summed E-state index contributed by atoms with van der Waals surface area (Å²) in [5, 5.41) is 2.54. The Morgan fingerprint density at radius 2 is 1.58 bits per heavy atom. The van der Waals surface area contributed by atoms with Crippen molar-refractivity contribution in [1.29, 1.82) is 0 Å². The molecule has 1 amide bonds. The monoisotopic (exact) mass is 350 g/mol. The molecule has 0 aliphatic carbocycles. The molecule has 0 radical (unpaired) electrons. The first-order chi connectivity index (χ1) is 11.4. The molecule has 0 aliphatic rings. The second-order valence-corrected chi connectivity index (χ2v) is 6.53. The number of sulfonamides is 1. The van der Waals surface area contributed by atoms with E-state index < -0.39 is 10.0 Å². The fraction of sp³-hybridized carbons (Fsp3) is 0.188. The van der Waals surface area contributed by atoms with Gasteiger partial charge < -0.3 is 14.8 Å². The van der Waals surface area contributed by atoms with Crippen LogP contribution >= 0.6 is 0 Å². The van der Waals surface area contributed by atoms with E-state index in [4.69, 9.17) is 9.47 Å². The predicted octanol–water partition coefficient (Wildman–Crippen LogP) is 2.46. The van der Waals surface area contributed by atoms with Crippen LogP contribution in [0.4, 0.5) is 11.4 Å². The lowest BCUT2D eigenvalue weighted by atomic mass is 10.3. The fourth-order valence-electron chi connectivity index (χ4n) is 2.04. The number of anilines is 2. The topological polar surface area (TPSA) is 93.7 Å². The molecule has 8 heteroatoms. The van der Waals surface area contributed by atoms with Crippen LogP contribution < -0.4 is 19.5 Å². The number of nitrogens with one attached hydrogen (secondary N) is 2. The van der Waals surface area contributed by atoms with Gasteiger partial charge in [-0.2, -0.15) is 0 Å². The molecular weight excluding hydrogens is 332 g/mol. The molecule has 0 bridgehead atoms. The Balaban J connectivity index is 2.37. The second kappa shape index (κ2) is 7.22. The summed E-state index contributed by atoms with van der Waals surface area (Å²) in [5.41, 5.74) is 0.737. The molecule has 128 valence electrons. The molecule has 24 heavy (non-hydrogen) atoms. The van der Waals surface area contributed by atoms with E-state index >= 15 is 0 Å². The molecule has 2 N–H and O–H groups in total. The Kier molecular flexibility index (Phi) is 5.30. The molecule has 0 saturated carbocycles. The molecule has 0 unspecified atom stereocenters. The van der Waals surface area contributed by atoms with Crippen molar-refractivity contribution in [2.24, 2.45) is 0 Å². The SMILES string of the molecule is COc1ccc(NS(=O)(=O)c2cc(NC(C)=O)ccc2OC)cc1. The van der Waals surface area contributed by atoms with Crippen LogP contribution in [0, 0.1) is 0 Å². The van der Waals surface area contributed by atoms with E-state index in [0.717, 1.165) is 0 Å². The van der Waals surface area contributed by atoms with Gasteiger partial charge in [0.2, 0.25) is 5.91 Å². The Morgan fingerprint density at radius 3 is 2.12 bits per heavy atom. The number of hydrogen-bond donors (Lipinski definition) is 2. The molecule has 0 saturated heterocycles. The third-order valence-electron chi connectivity index (χ3n) is 3.12. The van der Waals surface area contributed by atoms with Crippen molar-refractivity contribution in [2.75, 3.05) is 24.3 Å². The number of benzene rings is 2. The quantitative estimate of drug-likeness (QED) is 0.835. The van der Waals surface area contributed by atoms with E-state index in [9.17, 15) is 13.2 Å². The van der Waals surface area contributed by atoms with Crippen LogP contribution in [0.15, 0.2) is 47.4 Å². The van der Waals surface area contributed by atoms with Gasteiger partial charge in [0.1, 0.15) is 16.4 Å². The minimum absolute atomic E-state index is 0.0768. The predicted molar refractivity (Wildman–Crippen MR) is 91.1 cm³/mol. The summed E-state index contributed by atoms with van der Waals surface area (Å²) in [6, 6.07) is 10.8. The number of rotatable bonds is 6. The van der Waals surface area contributed by atoms with Gasteiger partial charge >= 0.3 is 0 Å². The van der Waals surface area contributed by atoms with Crippen LogP contribution in [-0.4, -0.2) is 28.5 Å². The summed E-state index contributed by atoms with van der Waals surface area (Å²) >= 11 is 0. The van der Waals surface area contributed by atoms with Gasteiger partial charge in [-0.1, -0.05) is 0 Å². The summed E-state index contributed by atoms with van der Waals surface area (Å²) in [7, 11) is -1.00. The second-order valence-electron chi connectivity index (χ2n) is 4.88.